The predicted octanol–water partition coefficient (Wildman–Crippen LogP) is 5.53. The second-order valence-corrected chi connectivity index (χ2v) is 6.51. The average Bonchev–Trinajstić information content (AvgIpc) is 2.47. The lowest BCUT2D eigenvalue weighted by molar-refractivity contribution is 0.151. The van der Waals surface area contributed by atoms with E-state index in [1.807, 2.05) is 0 Å². The number of rotatable bonds is 12. The van der Waals surface area contributed by atoms with Crippen LogP contribution in [0.5, 0.6) is 0 Å². The molecule has 0 aromatic rings. The Morgan fingerprint density at radius 3 is 1.95 bits per heavy atom. The van der Waals surface area contributed by atoms with Crippen molar-refractivity contribution >= 4 is 6.09 Å². The third-order valence-electron chi connectivity index (χ3n) is 4.30. The number of alkyl carbamates (subject to hydrolysis) is 1. The number of carbonyl (C=O) groups is 1. The van der Waals surface area contributed by atoms with Crippen LogP contribution in [-0.2, 0) is 4.74 Å². The first-order valence-electron chi connectivity index (χ1n) is 8.91. The summed E-state index contributed by atoms with van der Waals surface area (Å²) in [5, 5.41) is 3.07. The van der Waals surface area contributed by atoms with E-state index < -0.39 is 0 Å². The minimum absolute atomic E-state index is 0.232. The van der Waals surface area contributed by atoms with Crippen LogP contribution in [0.1, 0.15) is 85.5 Å². The van der Waals surface area contributed by atoms with Crippen molar-refractivity contribution in [3.8, 4) is 0 Å². The van der Waals surface area contributed by atoms with Crippen molar-refractivity contribution in [2.45, 2.75) is 91.5 Å². The molecule has 3 heteroatoms. The summed E-state index contributed by atoms with van der Waals surface area (Å²) >= 11 is 0. The second kappa shape index (κ2) is 13.0. The Kier molecular flexibility index (Phi) is 12.5. The highest BCUT2D eigenvalue weighted by Crippen LogP contribution is 2.25. The van der Waals surface area contributed by atoms with Gasteiger partial charge in [0.25, 0.3) is 0 Å². The molecule has 0 radical (unpaired) electrons. The van der Waals surface area contributed by atoms with Gasteiger partial charge in [-0.05, 0) is 24.7 Å². The van der Waals surface area contributed by atoms with Crippen molar-refractivity contribution in [3.05, 3.63) is 0 Å². The Morgan fingerprint density at radius 2 is 1.48 bits per heavy atom. The number of ether oxygens (including phenoxy) is 1. The molecule has 2 unspecified atom stereocenters. The number of carbonyl (C=O) groups excluding carboxylic acids is 1. The van der Waals surface area contributed by atoms with Gasteiger partial charge in [-0.25, -0.2) is 4.79 Å². The van der Waals surface area contributed by atoms with Crippen LogP contribution >= 0.6 is 0 Å². The van der Waals surface area contributed by atoms with E-state index in [0.29, 0.717) is 11.8 Å². The fourth-order valence-electron chi connectivity index (χ4n) is 3.02. The Hall–Kier alpha value is -0.730. The topological polar surface area (TPSA) is 38.3 Å². The SMILES string of the molecule is CCCCCCC(CCCCC)C(NC(=O)OC)C(C)C. The van der Waals surface area contributed by atoms with Crippen molar-refractivity contribution in [2.75, 3.05) is 7.11 Å². The number of hydrogen-bond acceptors (Lipinski definition) is 2. The molecule has 0 saturated heterocycles. The maximum absolute atomic E-state index is 11.6. The van der Waals surface area contributed by atoms with Gasteiger partial charge < -0.3 is 10.1 Å². The van der Waals surface area contributed by atoms with E-state index in [1.54, 1.807) is 0 Å². The van der Waals surface area contributed by atoms with E-state index in [1.165, 1.54) is 64.9 Å². The van der Waals surface area contributed by atoms with E-state index >= 15 is 0 Å². The molecule has 0 fully saturated rings. The monoisotopic (exact) mass is 299 g/mol. The summed E-state index contributed by atoms with van der Waals surface area (Å²) < 4.78 is 4.80. The van der Waals surface area contributed by atoms with Crippen LogP contribution in [0.4, 0.5) is 4.79 Å². The molecular weight excluding hydrogens is 262 g/mol. The fraction of sp³-hybridized carbons (Fsp3) is 0.944. The van der Waals surface area contributed by atoms with Crippen LogP contribution in [0.3, 0.4) is 0 Å². The first-order chi connectivity index (χ1) is 10.1. The molecule has 126 valence electrons. The van der Waals surface area contributed by atoms with Gasteiger partial charge in [-0.2, -0.15) is 0 Å². The number of methoxy groups -OCH3 is 1. The molecule has 0 aliphatic rings. The normalized spacial score (nSPS) is 14.0. The van der Waals surface area contributed by atoms with Gasteiger partial charge in [0.1, 0.15) is 0 Å². The van der Waals surface area contributed by atoms with Crippen molar-refractivity contribution in [1.82, 2.24) is 5.32 Å². The summed E-state index contributed by atoms with van der Waals surface area (Å²) in [6, 6.07) is 0.232. The molecule has 0 saturated carbocycles. The molecule has 2 atom stereocenters. The zero-order valence-electron chi connectivity index (χ0n) is 14.9. The molecule has 0 aromatic heterocycles. The quantitative estimate of drug-likeness (QED) is 0.481. The standard InChI is InChI=1S/C18H37NO2/c1-6-8-10-12-14-16(13-11-9-7-2)17(15(3)4)19-18(20)21-5/h15-17H,6-14H2,1-5H3,(H,19,20). The van der Waals surface area contributed by atoms with Crippen LogP contribution in [0.15, 0.2) is 0 Å². The first kappa shape index (κ1) is 20.3. The molecule has 0 bridgehead atoms. The minimum Gasteiger partial charge on any atom is -0.453 e. The first-order valence-corrected chi connectivity index (χ1v) is 8.91. The number of amides is 1. The summed E-state index contributed by atoms with van der Waals surface area (Å²) in [4.78, 5) is 11.6. The summed E-state index contributed by atoms with van der Waals surface area (Å²) in [6.07, 6.45) is 11.1. The fourth-order valence-corrected chi connectivity index (χ4v) is 3.02. The van der Waals surface area contributed by atoms with Crippen molar-refractivity contribution < 1.29 is 9.53 Å². The number of unbranched alkanes of at least 4 members (excludes halogenated alkanes) is 5. The molecule has 21 heavy (non-hydrogen) atoms. The molecular formula is C18H37NO2. The third kappa shape index (κ3) is 9.76. The van der Waals surface area contributed by atoms with E-state index in [-0.39, 0.29) is 12.1 Å². The molecule has 0 aromatic carbocycles. The Morgan fingerprint density at radius 1 is 0.952 bits per heavy atom. The van der Waals surface area contributed by atoms with Crippen molar-refractivity contribution in [1.29, 1.82) is 0 Å². The molecule has 0 rings (SSSR count). The van der Waals surface area contributed by atoms with Gasteiger partial charge in [0.05, 0.1) is 7.11 Å². The van der Waals surface area contributed by atoms with E-state index in [4.69, 9.17) is 4.74 Å². The predicted molar refractivity (Wildman–Crippen MR) is 90.6 cm³/mol. The number of nitrogens with one attached hydrogen (secondary N) is 1. The highest BCUT2D eigenvalue weighted by Gasteiger charge is 2.25. The summed E-state index contributed by atoms with van der Waals surface area (Å²) in [5.41, 5.74) is 0. The van der Waals surface area contributed by atoms with E-state index in [9.17, 15) is 4.79 Å². The van der Waals surface area contributed by atoms with Crippen molar-refractivity contribution in [3.63, 3.8) is 0 Å². The second-order valence-electron chi connectivity index (χ2n) is 6.51. The highest BCUT2D eigenvalue weighted by molar-refractivity contribution is 5.67. The maximum Gasteiger partial charge on any atom is 0.407 e. The van der Waals surface area contributed by atoms with Crippen LogP contribution in [-0.4, -0.2) is 19.2 Å². The Bertz CT molecular complexity index is 254. The van der Waals surface area contributed by atoms with Gasteiger partial charge in [-0.15, -0.1) is 0 Å². The molecule has 0 aliphatic carbocycles. The number of hydrogen-bond donors (Lipinski definition) is 1. The minimum atomic E-state index is -0.289. The van der Waals surface area contributed by atoms with Gasteiger partial charge in [0, 0.05) is 6.04 Å². The average molecular weight is 299 g/mol. The highest BCUT2D eigenvalue weighted by atomic mass is 16.5. The Labute approximate surface area is 132 Å². The van der Waals surface area contributed by atoms with Gasteiger partial charge in [-0.1, -0.05) is 72.6 Å². The molecule has 0 spiro atoms. The van der Waals surface area contributed by atoms with Crippen LogP contribution in [0.2, 0.25) is 0 Å². The molecule has 3 nitrogen and oxygen atoms in total. The summed E-state index contributed by atoms with van der Waals surface area (Å²) in [6.45, 7) is 8.87. The molecule has 1 amide bonds. The lowest BCUT2D eigenvalue weighted by atomic mass is 9.83. The zero-order chi connectivity index (χ0) is 16.1. The van der Waals surface area contributed by atoms with Crippen LogP contribution in [0, 0.1) is 11.8 Å². The largest absolute Gasteiger partial charge is 0.453 e. The lowest BCUT2D eigenvalue weighted by Gasteiger charge is -2.31. The Balaban J connectivity index is 4.54. The maximum atomic E-state index is 11.6. The summed E-state index contributed by atoms with van der Waals surface area (Å²) in [5.74, 6) is 1.02. The smallest absolute Gasteiger partial charge is 0.407 e. The molecule has 0 aliphatic heterocycles. The lowest BCUT2D eigenvalue weighted by Crippen LogP contribution is -2.44. The molecule has 0 heterocycles. The van der Waals surface area contributed by atoms with Crippen LogP contribution < -0.4 is 5.32 Å². The van der Waals surface area contributed by atoms with Gasteiger partial charge >= 0.3 is 6.09 Å². The van der Waals surface area contributed by atoms with E-state index in [0.717, 1.165) is 0 Å². The van der Waals surface area contributed by atoms with Gasteiger partial charge in [0.2, 0.25) is 0 Å². The summed E-state index contributed by atoms with van der Waals surface area (Å²) in [7, 11) is 1.44. The van der Waals surface area contributed by atoms with Gasteiger partial charge in [-0.3, -0.25) is 0 Å². The van der Waals surface area contributed by atoms with Crippen molar-refractivity contribution in [2.24, 2.45) is 11.8 Å². The van der Waals surface area contributed by atoms with Crippen LogP contribution in [0.25, 0.3) is 0 Å². The van der Waals surface area contributed by atoms with E-state index in [2.05, 4.69) is 33.0 Å². The van der Waals surface area contributed by atoms with Gasteiger partial charge in [0.15, 0.2) is 0 Å². The third-order valence-corrected chi connectivity index (χ3v) is 4.30. The molecule has 1 N–H and O–H groups in total. The zero-order valence-corrected chi connectivity index (χ0v) is 14.9.